The van der Waals surface area contributed by atoms with Crippen molar-refractivity contribution in [1.29, 1.82) is 0 Å². The molecule has 0 radical (unpaired) electrons. The van der Waals surface area contributed by atoms with Gasteiger partial charge in [-0.15, -0.1) is 5.10 Å². The molecule has 1 aliphatic rings. The van der Waals surface area contributed by atoms with Gasteiger partial charge in [0.2, 0.25) is 5.91 Å². The molecule has 7 nitrogen and oxygen atoms in total. The maximum Gasteiger partial charge on any atom is 0.244 e. The SMILES string of the molecule is CCNCC1CCN(C(=O)Cn2cnnn2)CC1. The van der Waals surface area contributed by atoms with E-state index in [-0.39, 0.29) is 12.5 Å². The van der Waals surface area contributed by atoms with E-state index in [9.17, 15) is 4.79 Å². The van der Waals surface area contributed by atoms with E-state index in [2.05, 4.69) is 27.8 Å². The van der Waals surface area contributed by atoms with Crippen molar-refractivity contribution in [3.05, 3.63) is 6.33 Å². The van der Waals surface area contributed by atoms with Crippen LogP contribution < -0.4 is 5.32 Å². The molecule has 0 bridgehead atoms. The van der Waals surface area contributed by atoms with Gasteiger partial charge in [-0.3, -0.25) is 4.79 Å². The molecule has 1 N–H and O–H groups in total. The Morgan fingerprint density at radius 3 is 2.83 bits per heavy atom. The van der Waals surface area contributed by atoms with Crippen LogP contribution in [-0.2, 0) is 11.3 Å². The maximum absolute atomic E-state index is 12.0. The van der Waals surface area contributed by atoms with Crippen molar-refractivity contribution in [3.8, 4) is 0 Å². The van der Waals surface area contributed by atoms with Crippen LogP contribution in [0.1, 0.15) is 19.8 Å². The minimum atomic E-state index is 0.101. The lowest BCUT2D eigenvalue weighted by molar-refractivity contribution is -0.133. The van der Waals surface area contributed by atoms with Crippen molar-refractivity contribution in [3.63, 3.8) is 0 Å². The Bertz CT molecular complexity index is 358. The molecule has 1 aromatic rings. The molecule has 100 valence electrons. The number of amides is 1. The Labute approximate surface area is 107 Å². The van der Waals surface area contributed by atoms with Crippen LogP contribution in [0.4, 0.5) is 0 Å². The predicted molar refractivity (Wildman–Crippen MR) is 65.7 cm³/mol. The molecule has 0 aliphatic carbocycles. The van der Waals surface area contributed by atoms with Gasteiger partial charge < -0.3 is 10.2 Å². The van der Waals surface area contributed by atoms with Gasteiger partial charge in [0.25, 0.3) is 0 Å². The van der Waals surface area contributed by atoms with Crippen LogP contribution in [-0.4, -0.2) is 57.2 Å². The molecule has 0 unspecified atom stereocenters. The van der Waals surface area contributed by atoms with E-state index in [4.69, 9.17) is 0 Å². The Morgan fingerprint density at radius 2 is 2.22 bits per heavy atom. The van der Waals surface area contributed by atoms with Crippen molar-refractivity contribution in [2.75, 3.05) is 26.2 Å². The van der Waals surface area contributed by atoms with Crippen LogP contribution in [0, 0.1) is 5.92 Å². The van der Waals surface area contributed by atoms with E-state index < -0.39 is 0 Å². The summed E-state index contributed by atoms with van der Waals surface area (Å²) in [5.41, 5.74) is 0. The minimum absolute atomic E-state index is 0.101. The molecule has 0 atom stereocenters. The van der Waals surface area contributed by atoms with Crippen molar-refractivity contribution in [2.24, 2.45) is 5.92 Å². The summed E-state index contributed by atoms with van der Waals surface area (Å²) < 4.78 is 1.47. The standard InChI is InChI=1S/C11H20N6O/c1-2-12-7-10-3-5-16(6-4-10)11(18)8-17-9-13-14-15-17/h9-10,12H,2-8H2,1H3. The first-order chi connectivity index (χ1) is 8.79. The fourth-order valence-electron chi connectivity index (χ4n) is 2.23. The molecule has 7 heteroatoms. The summed E-state index contributed by atoms with van der Waals surface area (Å²) in [4.78, 5) is 13.9. The third kappa shape index (κ3) is 3.49. The van der Waals surface area contributed by atoms with Crippen LogP contribution in [0.15, 0.2) is 6.33 Å². The fourth-order valence-corrected chi connectivity index (χ4v) is 2.23. The summed E-state index contributed by atoms with van der Waals surface area (Å²) in [6.07, 6.45) is 3.62. The van der Waals surface area contributed by atoms with E-state index in [0.29, 0.717) is 5.92 Å². The molecule has 0 saturated carbocycles. The highest BCUT2D eigenvalue weighted by atomic mass is 16.2. The highest BCUT2D eigenvalue weighted by Gasteiger charge is 2.22. The molecule has 0 spiro atoms. The van der Waals surface area contributed by atoms with Gasteiger partial charge in [-0.05, 0) is 42.3 Å². The van der Waals surface area contributed by atoms with Gasteiger partial charge in [0, 0.05) is 13.1 Å². The smallest absolute Gasteiger partial charge is 0.244 e. The van der Waals surface area contributed by atoms with E-state index in [1.807, 2.05) is 4.90 Å². The number of likely N-dealkylation sites (tertiary alicyclic amines) is 1. The first-order valence-corrected chi connectivity index (χ1v) is 6.49. The Balaban J connectivity index is 1.73. The predicted octanol–water partition coefficient (Wildman–Crippen LogP) is -0.479. The molecule has 0 aromatic carbocycles. The van der Waals surface area contributed by atoms with Crippen LogP contribution >= 0.6 is 0 Å². The number of hydrogen-bond donors (Lipinski definition) is 1. The zero-order valence-electron chi connectivity index (χ0n) is 10.7. The number of aromatic nitrogens is 4. The van der Waals surface area contributed by atoms with Crippen molar-refractivity contribution < 1.29 is 4.79 Å². The zero-order chi connectivity index (χ0) is 12.8. The van der Waals surface area contributed by atoms with Gasteiger partial charge in [-0.1, -0.05) is 6.92 Å². The molecule has 1 amide bonds. The molecule has 18 heavy (non-hydrogen) atoms. The van der Waals surface area contributed by atoms with Crippen molar-refractivity contribution >= 4 is 5.91 Å². The van der Waals surface area contributed by atoms with Gasteiger partial charge >= 0.3 is 0 Å². The lowest BCUT2D eigenvalue weighted by Gasteiger charge is -2.32. The Morgan fingerprint density at radius 1 is 1.44 bits per heavy atom. The minimum Gasteiger partial charge on any atom is -0.341 e. The van der Waals surface area contributed by atoms with Crippen molar-refractivity contribution in [2.45, 2.75) is 26.3 Å². The lowest BCUT2D eigenvalue weighted by Crippen LogP contribution is -2.42. The number of nitrogens with zero attached hydrogens (tertiary/aromatic N) is 5. The third-order valence-corrected chi connectivity index (χ3v) is 3.34. The topological polar surface area (TPSA) is 75.9 Å². The molecule has 2 heterocycles. The van der Waals surface area contributed by atoms with Gasteiger partial charge in [0.05, 0.1) is 0 Å². The molecule has 1 fully saturated rings. The Kier molecular flexibility index (Phi) is 4.63. The third-order valence-electron chi connectivity index (χ3n) is 3.34. The second kappa shape index (κ2) is 6.44. The number of rotatable bonds is 5. The lowest BCUT2D eigenvalue weighted by atomic mass is 9.97. The van der Waals surface area contributed by atoms with Crippen LogP contribution in [0.3, 0.4) is 0 Å². The molecule has 1 saturated heterocycles. The molecule has 1 aromatic heterocycles. The number of tetrazole rings is 1. The first kappa shape index (κ1) is 12.9. The van der Waals surface area contributed by atoms with Crippen molar-refractivity contribution in [1.82, 2.24) is 30.4 Å². The number of nitrogens with one attached hydrogen (secondary N) is 1. The molecular formula is C11H20N6O. The monoisotopic (exact) mass is 252 g/mol. The second-order valence-electron chi connectivity index (χ2n) is 4.64. The van der Waals surface area contributed by atoms with Crippen LogP contribution in [0.25, 0.3) is 0 Å². The van der Waals surface area contributed by atoms with Gasteiger partial charge in [0.15, 0.2) is 0 Å². The summed E-state index contributed by atoms with van der Waals surface area (Å²) in [5.74, 6) is 0.797. The van der Waals surface area contributed by atoms with Gasteiger partial charge in [0.1, 0.15) is 12.9 Å². The van der Waals surface area contributed by atoms with Crippen LogP contribution in [0.5, 0.6) is 0 Å². The number of carbonyl (C=O) groups is 1. The summed E-state index contributed by atoms with van der Waals surface area (Å²) in [6, 6.07) is 0. The number of hydrogen-bond acceptors (Lipinski definition) is 5. The maximum atomic E-state index is 12.0. The molecule has 1 aliphatic heterocycles. The number of carbonyl (C=O) groups excluding carboxylic acids is 1. The summed E-state index contributed by atoms with van der Waals surface area (Å²) in [6.45, 7) is 6.12. The van der Waals surface area contributed by atoms with E-state index in [0.717, 1.165) is 39.0 Å². The summed E-state index contributed by atoms with van der Waals surface area (Å²) >= 11 is 0. The van der Waals surface area contributed by atoms with Crippen LogP contribution in [0.2, 0.25) is 0 Å². The molecular weight excluding hydrogens is 232 g/mol. The number of piperidine rings is 1. The normalized spacial score (nSPS) is 17.1. The largest absolute Gasteiger partial charge is 0.341 e. The van der Waals surface area contributed by atoms with E-state index >= 15 is 0 Å². The summed E-state index contributed by atoms with van der Waals surface area (Å²) in [5, 5.41) is 14.1. The second-order valence-corrected chi connectivity index (χ2v) is 4.64. The average molecular weight is 252 g/mol. The summed E-state index contributed by atoms with van der Waals surface area (Å²) in [7, 11) is 0. The Hall–Kier alpha value is -1.50. The first-order valence-electron chi connectivity index (χ1n) is 6.49. The zero-order valence-corrected chi connectivity index (χ0v) is 10.7. The average Bonchev–Trinajstić information content (AvgIpc) is 2.89. The van der Waals surface area contributed by atoms with Gasteiger partial charge in [-0.25, -0.2) is 4.68 Å². The quantitative estimate of drug-likeness (QED) is 0.766. The highest BCUT2D eigenvalue weighted by molar-refractivity contribution is 5.75. The highest BCUT2D eigenvalue weighted by Crippen LogP contribution is 2.16. The van der Waals surface area contributed by atoms with E-state index in [1.54, 1.807) is 0 Å². The molecule has 2 rings (SSSR count). The van der Waals surface area contributed by atoms with Gasteiger partial charge in [-0.2, -0.15) is 0 Å². The fraction of sp³-hybridized carbons (Fsp3) is 0.818. The van der Waals surface area contributed by atoms with E-state index in [1.165, 1.54) is 11.0 Å².